The van der Waals surface area contributed by atoms with Crippen LogP contribution in [0.2, 0.25) is 0 Å². The molecule has 4 rings (SSSR count). The van der Waals surface area contributed by atoms with Gasteiger partial charge in [-0.2, -0.15) is 0 Å². The molecule has 3 heterocycles. The fourth-order valence-electron chi connectivity index (χ4n) is 3.58. The van der Waals surface area contributed by atoms with Crippen LogP contribution in [-0.2, 0) is 16.4 Å². The van der Waals surface area contributed by atoms with Crippen LogP contribution in [0.25, 0.3) is 11.4 Å². The van der Waals surface area contributed by atoms with E-state index < -0.39 is 21.9 Å². The van der Waals surface area contributed by atoms with E-state index in [9.17, 15) is 22.0 Å². The number of halogens is 2. The molecule has 11 heteroatoms. The Kier molecular flexibility index (Phi) is 5.37. The maximum absolute atomic E-state index is 13.1. The maximum atomic E-state index is 13.1. The summed E-state index contributed by atoms with van der Waals surface area (Å²) in [5.74, 6) is -3.29. The van der Waals surface area contributed by atoms with E-state index in [1.54, 1.807) is 42.5 Å². The van der Waals surface area contributed by atoms with Crippen LogP contribution in [0.1, 0.15) is 21.6 Å². The van der Waals surface area contributed by atoms with Crippen molar-refractivity contribution in [3.8, 4) is 11.4 Å². The van der Waals surface area contributed by atoms with E-state index >= 15 is 0 Å². The molecule has 1 aliphatic heterocycles. The summed E-state index contributed by atoms with van der Waals surface area (Å²) in [6.07, 6.45) is 2.88. The Hall–Kier alpha value is -3.47. The van der Waals surface area contributed by atoms with Crippen molar-refractivity contribution in [2.45, 2.75) is 12.3 Å². The lowest BCUT2D eigenvalue weighted by molar-refractivity contribution is -0.0262. The Morgan fingerprint density at radius 2 is 2.00 bits per heavy atom. The topological polar surface area (TPSA) is 121 Å². The molecule has 1 fully saturated rings. The molecule has 0 saturated carbocycles. The molecule has 1 saturated heterocycles. The predicted octanol–water partition coefficient (Wildman–Crippen LogP) is 2.59. The van der Waals surface area contributed by atoms with E-state index in [4.69, 9.17) is 5.73 Å². The van der Waals surface area contributed by atoms with Crippen LogP contribution in [0, 0.1) is 0 Å². The van der Waals surface area contributed by atoms with E-state index in [1.165, 1.54) is 11.1 Å². The van der Waals surface area contributed by atoms with Gasteiger partial charge in [-0.15, -0.1) is 0 Å². The third-order valence-electron chi connectivity index (χ3n) is 5.01. The predicted molar refractivity (Wildman–Crippen MR) is 117 cm³/mol. The highest BCUT2D eigenvalue weighted by Gasteiger charge is 2.44. The third kappa shape index (κ3) is 4.88. The highest BCUT2D eigenvalue weighted by atomic mass is 32.2. The van der Waals surface area contributed by atoms with Gasteiger partial charge >= 0.3 is 0 Å². The number of nitrogens with two attached hydrogens (primary N) is 1. The molecule has 3 aromatic rings. The Balaban J connectivity index is 1.57. The second kappa shape index (κ2) is 7.90. The zero-order valence-electron chi connectivity index (χ0n) is 17.1. The average Bonchev–Trinajstić information content (AvgIpc) is 3.09. The number of nitrogens with one attached hydrogen (secondary N) is 2. The number of carbonyl (C=O) groups is 1. The molecule has 0 unspecified atom stereocenters. The quantitative estimate of drug-likeness (QED) is 0.499. The van der Waals surface area contributed by atoms with Crippen LogP contribution in [0.4, 0.5) is 20.2 Å². The normalized spacial score (nSPS) is 15.3. The molecule has 2 aromatic heterocycles. The fraction of sp³-hybridized carbons (Fsp3) is 0.238. The number of sulfonamides is 1. The summed E-state index contributed by atoms with van der Waals surface area (Å²) in [4.78, 5) is 21.0. The first-order chi connectivity index (χ1) is 15.0. The molecule has 168 valence electrons. The summed E-state index contributed by atoms with van der Waals surface area (Å²) in [6.45, 7) is -0.667. The average molecular weight is 461 g/mol. The molecule has 1 aliphatic rings. The lowest BCUT2D eigenvalue weighted by Gasteiger charge is -2.40. The van der Waals surface area contributed by atoms with Crippen LogP contribution in [0.15, 0.2) is 48.7 Å². The van der Waals surface area contributed by atoms with Gasteiger partial charge < -0.3 is 15.6 Å². The first kappa shape index (κ1) is 21.8. The number of H-pyrrole nitrogens is 1. The van der Waals surface area contributed by atoms with E-state index in [1.807, 2.05) is 0 Å². The highest BCUT2D eigenvalue weighted by molar-refractivity contribution is 7.92. The second-order valence-corrected chi connectivity index (χ2v) is 9.55. The minimum absolute atomic E-state index is 0.287. The lowest BCUT2D eigenvalue weighted by Crippen LogP contribution is -2.56. The highest BCUT2D eigenvalue weighted by Crippen LogP contribution is 2.32. The molecule has 1 amide bonds. The van der Waals surface area contributed by atoms with Gasteiger partial charge in [0.2, 0.25) is 10.0 Å². The van der Waals surface area contributed by atoms with Crippen molar-refractivity contribution in [3.05, 3.63) is 65.5 Å². The van der Waals surface area contributed by atoms with Crippen LogP contribution in [-0.4, -0.2) is 49.6 Å². The number of hydrogen-bond donors (Lipinski definition) is 3. The van der Waals surface area contributed by atoms with Crippen molar-refractivity contribution in [1.82, 2.24) is 9.97 Å². The molecular formula is C21H21F2N5O3S. The lowest BCUT2D eigenvalue weighted by atomic mass is 10.1. The summed E-state index contributed by atoms with van der Waals surface area (Å²) in [7, 11) is -3.42. The van der Waals surface area contributed by atoms with Crippen molar-refractivity contribution in [1.29, 1.82) is 0 Å². The monoisotopic (exact) mass is 461 g/mol. The molecule has 4 N–H and O–H groups in total. The van der Waals surface area contributed by atoms with Gasteiger partial charge in [0, 0.05) is 17.8 Å². The van der Waals surface area contributed by atoms with Gasteiger partial charge in [-0.3, -0.25) is 14.5 Å². The first-order valence-corrected chi connectivity index (χ1v) is 11.6. The molecule has 1 aromatic carbocycles. The molecule has 8 nitrogen and oxygen atoms in total. The first-order valence-electron chi connectivity index (χ1n) is 9.67. The van der Waals surface area contributed by atoms with Crippen molar-refractivity contribution in [3.63, 3.8) is 0 Å². The number of pyridine rings is 1. The molecule has 0 spiro atoms. The molecular weight excluding hydrogens is 440 g/mol. The zero-order chi connectivity index (χ0) is 23.1. The zero-order valence-corrected chi connectivity index (χ0v) is 17.9. The van der Waals surface area contributed by atoms with Gasteiger partial charge in [-0.25, -0.2) is 17.2 Å². The summed E-state index contributed by atoms with van der Waals surface area (Å²) >= 11 is 0. The number of amides is 1. The number of anilines is 2. The van der Waals surface area contributed by atoms with E-state index in [2.05, 4.69) is 14.7 Å². The number of nitrogens with zero attached hydrogens (tertiary/aromatic N) is 2. The van der Waals surface area contributed by atoms with Crippen molar-refractivity contribution < 1.29 is 22.0 Å². The molecule has 0 aliphatic carbocycles. The summed E-state index contributed by atoms with van der Waals surface area (Å²) in [5.41, 5.74) is 9.23. The van der Waals surface area contributed by atoms with Crippen LogP contribution in [0.3, 0.4) is 0 Å². The maximum Gasteiger partial charge on any atom is 0.282 e. The van der Waals surface area contributed by atoms with E-state index in [-0.39, 0.29) is 18.7 Å². The van der Waals surface area contributed by atoms with Gasteiger partial charge in [0.25, 0.3) is 11.8 Å². The number of rotatable bonds is 7. The summed E-state index contributed by atoms with van der Waals surface area (Å²) in [5, 5.41) is 0. The number of carbonyl (C=O) groups excluding carboxylic acids is 1. The largest absolute Gasteiger partial charge is 0.366 e. The Bertz CT molecular complexity index is 1260. The molecule has 32 heavy (non-hydrogen) atoms. The van der Waals surface area contributed by atoms with E-state index in [0.717, 1.165) is 11.8 Å². The third-order valence-corrected chi connectivity index (χ3v) is 5.62. The van der Waals surface area contributed by atoms with Gasteiger partial charge in [0.15, 0.2) is 0 Å². The smallest absolute Gasteiger partial charge is 0.282 e. The standard InChI is InChI=1S/C21H21F2N5O3S/c1-32(30,31)27-14-4-2-3-13(7-14)8-18-16(20(24)29)9-19(26-18)17-6-5-15(10-25-17)28-11-21(22,23)12-28/h2-7,9-10,26-27H,8,11-12H2,1H3,(H2,24,29). The van der Waals surface area contributed by atoms with Gasteiger partial charge in [-0.05, 0) is 35.9 Å². The Morgan fingerprint density at radius 3 is 2.59 bits per heavy atom. The second-order valence-electron chi connectivity index (χ2n) is 7.80. The number of benzene rings is 1. The minimum atomic E-state index is -3.42. The fourth-order valence-corrected chi connectivity index (χ4v) is 4.14. The number of hydrogen-bond acceptors (Lipinski definition) is 5. The Morgan fingerprint density at radius 1 is 1.25 bits per heavy atom. The van der Waals surface area contributed by atoms with Gasteiger partial charge in [-0.1, -0.05) is 12.1 Å². The van der Waals surface area contributed by atoms with Crippen LogP contribution in [0.5, 0.6) is 0 Å². The minimum Gasteiger partial charge on any atom is -0.366 e. The van der Waals surface area contributed by atoms with Crippen molar-refractivity contribution in [2.75, 3.05) is 29.0 Å². The Labute approximate surface area is 183 Å². The molecule has 0 bridgehead atoms. The molecule has 0 atom stereocenters. The number of alkyl halides is 2. The number of aromatic nitrogens is 2. The molecule has 0 radical (unpaired) electrons. The van der Waals surface area contributed by atoms with Crippen LogP contribution >= 0.6 is 0 Å². The number of primary amides is 1. The van der Waals surface area contributed by atoms with Gasteiger partial charge in [0.05, 0.1) is 48.2 Å². The van der Waals surface area contributed by atoms with Crippen molar-refractivity contribution >= 4 is 27.3 Å². The number of aromatic amines is 1. The summed E-state index contributed by atoms with van der Waals surface area (Å²) in [6, 6.07) is 11.8. The summed E-state index contributed by atoms with van der Waals surface area (Å²) < 4.78 is 51.5. The van der Waals surface area contributed by atoms with Crippen LogP contribution < -0.4 is 15.4 Å². The van der Waals surface area contributed by atoms with E-state index in [0.29, 0.717) is 34.9 Å². The van der Waals surface area contributed by atoms with Gasteiger partial charge in [0.1, 0.15) is 0 Å². The SMILES string of the molecule is CS(=O)(=O)Nc1cccc(Cc2[nH]c(-c3ccc(N4CC(F)(F)C4)cn3)cc2C(N)=O)c1. The van der Waals surface area contributed by atoms with Crippen molar-refractivity contribution in [2.24, 2.45) is 5.73 Å².